The van der Waals surface area contributed by atoms with Crippen LogP contribution in [-0.4, -0.2) is 31.1 Å². The number of nitrogens with zero attached hydrogens (tertiary/aromatic N) is 1. The van der Waals surface area contributed by atoms with E-state index in [1.807, 2.05) is 11.3 Å². The third-order valence-electron chi connectivity index (χ3n) is 4.65. The molecule has 2 nitrogen and oxygen atoms in total. The summed E-state index contributed by atoms with van der Waals surface area (Å²) in [5.74, 6) is 0. The van der Waals surface area contributed by atoms with E-state index in [2.05, 4.69) is 31.9 Å². The quantitative estimate of drug-likeness (QED) is 0.773. The highest BCUT2D eigenvalue weighted by Gasteiger charge is 2.43. The summed E-state index contributed by atoms with van der Waals surface area (Å²) < 4.78 is 6.29. The van der Waals surface area contributed by atoms with Crippen LogP contribution >= 0.6 is 11.3 Å². The minimum Gasteiger partial charge on any atom is -0.370 e. The van der Waals surface area contributed by atoms with Crippen LogP contribution in [0.15, 0.2) is 6.07 Å². The second kappa shape index (κ2) is 4.62. The SMILES string of the molecule is CCc1cc2c(s1)CCO[C@@]21CCN(C)[C@@H](C)C1. The molecule has 1 aromatic heterocycles. The van der Waals surface area contributed by atoms with Gasteiger partial charge in [0, 0.05) is 28.8 Å². The molecule has 2 atom stereocenters. The first-order valence-corrected chi connectivity index (χ1v) is 7.92. The van der Waals surface area contributed by atoms with Gasteiger partial charge in [0.2, 0.25) is 0 Å². The molecule has 3 heteroatoms. The zero-order chi connectivity index (χ0) is 12.8. The number of rotatable bonds is 1. The average Bonchev–Trinajstić information content (AvgIpc) is 2.79. The van der Waals surface area contributed by atoms with Crippen LogP contribution in [-0.2, 0) is 23.2 Å². The Balaban J connectivity index is 1.97. The fourth-order valence-electron chi connectivity index (χ4n) is 3.33. The molecule has 1 spiro atoms. The summed E-state index contributed by atoms with van der Waals surface area (Å²) in [5.41, 5.74) is 1.55. The van der Waals surface area contributed by atoms with Crippen molar-refractivity contribution in [1.29, 1.82) is 0 Å². The van der Waals surface area contributed by atoms with Gasteiger partial charge in [-0.05, 0) is 44.9 Å². The highest BCUT2D eigenvalue weighted by Crippen LogP contribution is 2.45. The molecule has 3 heterocycles. The van der Waals surface area contributed by atoms with E-state index in [1.54, 1.807) is 4.88 Å². The van der Waals surface area contributed by atoms with E-state index < -0.39 is 0 Å². The van der Waals surface area contributed by atoms with Gasteiger partial charge in [-0.25, -0.2) is 0 Å². The molecule has 18 heavy (non-hydrogen) atoms. The number of piperidine rings is 1. The molecule has 2 aliphatic rings. The molecule has 3 rings (SSSR count). The molecule has 0 saturated carbocycles. The van der Waals surface area contributed by atoms with Crippen molar-refractivity contribution in [3.8, 4) is 0 Å². The van der Waals surface area contributed by atoms with E-state index in [1.165, 1.54) is 10.4 Å². The maximum absolute atomic E-state index is 6.29. The predicted molar refractivity (Wildman–Crippen MR) is 76.4 cm³/mol. The van der Waals surface area contributed by atoms with Gasteiger partial charge in [0.25, 0.3) is 0 Å². The summed E-state index contributed by atoms with van der Waals surface area (Å²) in [6.07, 6.45) is 4.58. The van der Waals surface area contributed by atoms with E-state index >= 15 is 0 Å². The summed E-state index contributed by atoms with van der Waals surface area (Å²) in [7, 11) is 2.23. The smallest absolute Gasteiger partial charge is 0.0969 e. The van der Waals surface area contributed by atoms with Crippen LogP contribution in [0.5, 0.6) is 0 Å². The predicted octanol–water partition coefficient (Wildman–Crippen LogP) is 3.19. The molecular weight excluding hydrogens is 242 g/mol. The van der Waals surface area contributed by atoms with Gasteiger partial charge < -0.3 is 9.64 Å². The van der Waals surface area contributed by atoms with Gasteiger partial charge in [0.05, 0.1) is 12.2 Å². The highest BCUT2D eigenvalue weighted by molar-refractivity contribution is 7.12. The molecule has 1 saturated heterocycles. The topological polar surface area (TPSA) is 12.5 Å². The Kier molecular flexibility index (Phi) is 3.25. The fraction of sp³-hybridized carbons (Fsp3) is 0.733. The Labute approximate surface area is 114 Å². The normalized spacial score (nSPS) is 32.7. The number of thiophene rings is 1. The monoisotopic (exact) mass is 265 g/mol. The molecule has 0 aliphatic carbocycles. The minimum absolute atomic E-state index is 0.0312. The maximum atomic E-state index is 6.29. The van der Waals surface area contributed by atoms with Crippen LogP contribution in [0.4, 0.5) is 0 Å². The Morgan fingerprint density at radius 1 is 1.56 bits per heavy atom. The van der Waals surface area contributed by atoms with Gasteiger partial charge in [-0.2, -0.15) is 0 Å². The van der Waals surface area contributed by atoms with E-state index in [0.717, 1.165) is 38.8 Å². The number of fused-ring (bicyclic) bond motifs is 2. The van der Waals surface area contributed by atoms with Gasteiger partial charge in [-0.3, -0.25) is 0 Å². The maximum Gasteiger partial charge on any atom is 0.0969 e. The zero-order valence-corrected chi connectivity index (χ0v) is 12.5. The van der Waals surface area contributed by atoms with Crippen molar-refractivity contribution in [1.82, 2.24) is 4.90 Å². The lowest BCUT2D eigenvalue weighted by Crippen LogP contribution is -2.48. The summed E-state index contributed by atoms with van der Waals surface area (Å²) in [6.45, 7) is 6.64. The van der Waals surface area contributed by atoms with Crippen LogP contribution in [0.3, 0.4) is 0 Å². The molecule has 1 fully saturated rings. The molecule has 0 radical (unpaired) electrons. The second-order valence-electron chi connectivity index (χ2n) is 5.78. The fourth-order valence-corrected chi connectivity index (χ4v) is 4.51. The Bertz CT molecular complexity index is 442. The summed E-state index contributed by atoms with van der Waals surface area (Å²) >= 11 is 2.01. The van der Waals surface area contributed by atoms with Crippen molar-refractivity contribution in [3.63, 3.8) is 0 Å². The lowest BCUT2D eigenvalue weighted by Gasteiger charge is -2.46. The largest absolute Gasteiger partial charge is 0.370 e. The van der Waals surface area contributed by atoms with E-state index in [4.69, 9.17) is 4.74 Å². The Hall–Kier alpha value is -0.380. The van der Waals surface area contributed by atoms with Crippen molar-refractivity contribution in [3.05, 3.63) is 21.4 Å². The molecule has 2 aliphatic heterocycles. The summed E-state index contributed by atoms with van der Waals surface area (Å²) in [4.78, 5) is 5.57. The first-order chi connectivity index (χ1) is 8.64. The van der Waals surface area contributed by atoms with Crippen LogP contribution < -0.4 is 0 Å². The first-order valence-electron chi connectivity index (χ1n) is 7.11. The van der Waals surface area contributed by atoms with Crippen molar-refractivity contribution < 1.29 is 4.74 Å². The minimum atomic E-state index is 0.0312. The molecule has 0 N–H and O–H groups in total. The third-order valence-corrected chi connectivity index (χ3v) is 5.99. The van der Waals surface area contributed by atoms with E-state index in [0.29, 0.717) is 6.04 Å². The van der Waals surface area contributed by atoms with Crippen molar-refractivity contribution >= 4 is 11.3 Å². The molecule has 0 unspecified atom stereocenters. The number of ether oxygens (including phenoxy) is 1. The van der Waals surface area contributed by atoms with Crippen LogP contribution in [0.1, 0.15) is 42.0 Å². The molecule has 1 aromatic rings. The third kappa shape index (κ3) is 1.93. The van der Waals surface area contributed by atoms with E-state index in [-0.39, 0.29) is 5.60 Å². The number of likely N-dealkylation sites (tertiary alicyclic amines) is 1. The van der Waals surface area contributed by atoms with Gasteiger partial charge >= 0.3 is 0 Å². The van der Waals surface area contributed by atoms with Crippen LogP contribution in [0.2, 0.25) is 0 Å². The standard InChI is InChI=1S/C15H23NOS/c1-4-12-9-13-14(18-12)5-8-17-15(13)6-7-16(3)11(2)10-15/h9,11H,4-8,10H2,1-3H3/t11-,15+/m0/s1. The molecule has 0 amide bonds. The van der Waals surface area contributed by atoms with Gasteiger partial charge in [0.1, 0.15) is 0 Å². The molecule has 0 bridgehead atoms. The second-order valence-corrected chi connectivity index (χ2v) is 7.00. The lowest BCUT2D eigenvalue weighted by molar-refractivity contribution is -0.107. The summed E-state index contributed by atoms with van der Waals surface area (Å²) in [6, 6.07) is 3.05. The lowest BCUT2D eigenvalue weighted by atomic mass is 9.79. The van der Waals surface area contributed by atoms with Gasteiger partial charge in [0.15, 0.2) is 0 Å². The molecule has 0 aromatic carbocycles. The van der Waals surface area contributed by atoms with Crippen LogP contribution in [0, 0.1) is 0 Å². The number of hydrogen-bond donors (Lipinski definition) is 0. The van der Waals surface area contributed by atoms with Crippen molar-refractivity contribution in [2.45, 2.75) is 51.2 Å². The molecule has 100 valence electrons. The summed E-state index contributed by atoms with van der Waals surface area (Å²) in [5, 5.41) is 0. The van der Waals surface area contributed by atoms with E-state index in [9.17, 15) is 0 Å². The Morgan fingerprint density at radius 2 is 2.39 bits per heavy atom. The zero-order valence-electron chi connectivity index (χ0n) is 11.7. The Morgan fingerprint density at radius 3 is 3.11 bits per heavy atom. The van der Waals surface area contributed by atoms with Crippen molar-refractivity contribution in [2.24, 2.45) is 0 Å². The molecular formula is C15H23NOS. The highest BCUT2D eigenvalue weighted by atomic mass is 32.1. The first kappa shape index (κ1) is 12.6. The van der Waals surface area contributed by atoms with Crippen molar-refractivity contribution in [2.75, 3.05) is 20.2 Å². The van der Waals surface area contributed by atoms with Crippen LogP contribution in [0.25, 0.3) is 0 Å². The number of aryl methyl sites for hydroxylation is 1. The van der Waals surface area contributed by atoms with Gasteiger partial charge in [-0.1, -0.05) is 6.92 Å². The average molecular weight is 265 g/mol. The van der Waals surface area contributed by atoms with Gasteiger partial charge in [-0.15, -0.1) is 11.3 Å². The number of hydrogen-bond acceptors (Lipinski definition) is 3.